The van der Waals surface area contributed by atoms with Crippen LogP contribution in [0.2, 0.25) is 0 Å². The molecule has 40 heavy (non-hydrogen) atoms. The van der Waals surface area contributed by atoms with Crippen molar-refractivity contribution in [1.82, 2.24) is 24.9 Å². The molecule has 2 aliphatic heterocycles. The van der Waals surface area contributed by atoms with Crippen molar-refractivity contribution < 1.29 is 18.8 Å². The van der Waals surface area contributed by atoms with Gasteiger partial charge in [0.05, 0.1) is 0 Å². The van der Waals surface area contributed by atoms with Gasteiger partial charge < -0.3 is 15.1 Å². The van der Waals surface area contributed by atoms with Crippen LogP contribution in [0.25, 0.3) is 0 Å². The Kier molecular flexibility index (Phi) is 6.74. The fraction of sp³-hybridized carbons (Fsp3) is 0.613. The van der Waals surface area contributed by atoms with Crippen LogP contribution in [0, 0.1) is 25.7 Å². The first-order valence-electron chi connectivity index (χ1n) is 14.8. The van der Waals surface area contributed by atoms with Crippen molar-refractivity contribution in [2.45, 2.75) is 84.0 Å². The number of rotatable bonds is 5. The number of fused-ring (bicyclic) bond motifs is 3. The number of carbonyl (C=O) groups is 3. The van der Waals surface area contributed by atoms with E-state index in [9.17, 15) is 14.4 Å². The van der Waals surface area contributed by atoms with E-state index in [1.54, 1.807) is 9.58 Å². The van der Waals surface area contributed by atoms with Crippen molar-refractivity contribution in [2.24, 2.45) is 11.8 Å². The molecule has 1 saturated carbocycles. The molecule has 3 heterocycles. The van der Waals surface area contributed by atoms with Gasteiger partial charge in [0, 0.05) is 63.2 Å². The van der Waals surface area contributed by atoms with Crippen LogP contribution in [0.3, 0.4) is 0 Å². The van der Waals surface area contributed by atoms with Crippen LogP contribution in [-0.2, 0) is 28.2 Å². The molecule has 214 valence electrons. The van der Waals surface area contributed by atoms with Crippen molar-refractivity contribution in [3.8, 4) is 0 Å². The highest BCUT2D eigenvalue weighted by molar-refractivity contribution is 5.95. The predicted octanol–water partition coefficient (Wildman–Crippen LogP) is 3.63. The van der Waals surface area contributed by atoms with E-state index in [1.807, 2.05) is 36.9 Å². The molecule has 3 amide bonds. The van der Waals surface area contributed by atoms with E-state index >= 15 is 4.39 Å². The number of alkyl halides is 1. The summed E-state index contributed by atoms with van der Waals surface area (Å²) in [5.74, 6) is 1.20. The minimum atomic E-state index is -1.43. The Hall–Kier alpha value is -3.23. The van der Waals surface area contributed by atoms with Gasteiger partial charge in [0.25, 0.3) is 5.91 Å². The first-order valence-corrected chi connectivity index (χ1v) is 14.8. The molecule has 4 aliphatic rings. The lowest BCUT2D eigenvalue weighted by Gasteiger charge is -2.37. The molecule has 3 unspecified atom stereocenters. The number of halogens is 1. The monoisotopic (exact) mass is 549 g/mol. The lowest BCUT2D eigenvalue weighted by molar-refractivity contribution is -0.134. The highest BCUT2D eigenvalue weighted by Crippen LogP contribution is 2.62. The quantitative estimate of drug-likeness (QED) is 0.617. The smallest absolute Gasteiger partial charge is 0.274 e. The molecule has 2 aromatic rings. The third kappa shape index (κ3) is 4.61. The first kappa shape index (κ1) is 27.0. The Morgan fingerprint density at radius 3 is 2.45 bits per heavy atom. The van der Waals surface area contributed by atoms with Crippen LogP contribution in [-0.4, -0.2) is 69.5 Å². The molecule has 1 N–H and O–H groups in total. The van der Waals surface area contributed by atoms with Gasteiger partial charge in [-0.1, -0.05) is 25.1 Å². The zero-order chi connectivity index (χ0) is 28.3. The van der Waals surface area contributed by atoms with Crippen LogP contribution >= 0.6 is 0 Å². The minimum Gasteiger partial charge on any atom is -0.353 e. The average molecular weight is 550 g/mol. The second-order valence-corrected chi connectivity index (χ2v) is 12.5. The Balaban J connectivity index is 1.15. The second kappa shape index (κ2) is 10.00. The molecule has 8 nitrogen and oxygen atoms in total. The molecule has 3 atom stereocenters. The van der Waals surface area contributed by atoms with E-state index < -0.39 is 5.67 Å². The summed E-state index contributed by atoms with van der Waals surface area (Å²) < 4.78 is 17.8. The van der Waals surface area contributed by atoms with E-state index in [2.05, 4.69) is 12.2 Å². The summed E-state index contributed by atoms with van der Waals surface area (Å²) in [4.78, 5) is 42.1. The van der Waals surface area contributed by atoms with E-state index in [4.69, 9.17) is 5.10 Å². The summed E-state index contributed by atoms with van der Waals surface area (Å²) in [5, 5.41) is 7.71. The Morgan fingerprint density at radius 2 is 1.77 bits per heavy atom. The van der Waals surface area contributed by atoms with E-state index in [0.29, 0.717) is 49.6 Å². The number of hydrogen-bond acceptors (Lipinski definition) is 4. The van der Waals surface area contributed by atoms with Crippen LogP contribution < -0.4 is 5.32 Å². The number of benzene rings is 1. The highest BCUT2D eigenvalue weighted by Gasteiger charge is 2.56. The average Bonchev–Trinajstić information content (AvgIpc) is 3.22. The summed E-state index contributed by atoms with van der Waals surface area (Å²) in [6.07, 6.45) is 2.85. The summed E-state index contributed by atoms with van der Waals surface area (Å²) in [7, 11) is 0. The van der Waals surface area contributed by atoms with E-state index in [0.717, 1.165) is 47.2 Å². The van der Waals surface area contributed by atoms with Crippen molar-refractivity contribution in [1.29, 1.82) is 0 Å². The number of likely N-dealkylation sites (tertiary alicyclic amines) is 2. The lowest BCUT2D eigenvalue weighted by atomic mass is 9.82. The van der Waals surface area contributed by atoms with Crippen LogP contribution in [0.1, 0.15) is 83.9 Å². The van der Waals surface area contributed by atoms with Crippen LogP contribution in [0.4, 0.5) is 4.39 Å². The van der Waals surface area contributed by atoms with Gasteiger partial charge in [0.2, 0.25) is 11.8 Å². The topological polar surface area (TPSA) is 87.5 Å². The zero-order valence-corrected chi connectivity index (χ0v) is 24.0. The number of carbonyl (C=O) groups excluding carboxylic acids is 3. The molecule has 0 spiro atoms. The molecule has 1 aromatic carbocycles. The maximum absolute atomic E-state index is 16.0. The highest BCUT2D eigenvalue weighted by atomic mass is 19.1. The van der Waals surface area contributed by atoms with Crippen molar-refractivity contribution in [3.05, 3.63) is 51.8 Å². The van der Waals surface area contributed by atoms with Crippen molar-refractivity contribution >= 4 is 17.7 Å². The lowest BCUT2D eigenvalue weighted by Crippen LogP contribution is -2.46. The Labute approximate surface area is 235 Å². The number of aromatic nitrogens is 2. The van der Waals surface area contributed by atoms with Gasteiger partial charge in [-0.2, -0.15) is 5.10 Å². The van der Waals surface area contributed by atoms with Gasteiger partial charge in [-0.05, 0) is 67.6 Å². The summed E-state index contributed by atoms with van der Waals surface area (Å²) in [5.41, 5.74) is 3.93. The molecule has 9 heteroatoms. The third-order valence-corrected chi connectivity index (χ3v) is 10.1. The molecule has 2 aliphatic carbocycles. The maximum atomic E-state index is 16.0. The third-order valence-electron chi connectivity index (χ3n) is 10.1. The molecule has 2 saturated heterocycles. The SMILES string of the molecule is CC(=O)NC1CCN(C(=O)c2nn(CC(=O)N3CCC(F)(c4cccc(C)c4C)CC3)c3c2C2C(C)C2C3)CC1. The molecular formula is C31H40FN5O3. The molecular weight excluding hydrogens is 509 g/mol. The largest absolute Gasteiger partial charge is 0.353 e. The summed E-state index contributed by atoms with van der Waals surface area (Å²) in [6, 6.07) is 5.88. The predicted molar refractivity (Wildman–Crippen MR) is 149 cm³/mol. The number of amides is 3. The zero-order valence-electron chi connectivity index (χ0n) is 24.0. The molecule has 3 fully saturated rings. The molecule has 1 aromatic heterocycles. The fourth-order valence-electron chi connectivity index (χ4n) is 7.43. The standard InChI is InChI=1S/C31H40FN5O3/c1-18-6-5-7-24(19(18)2)31(32)10-14-35(15-11-31)26(39)17-37-25-16-23-20(3)27(23)28(25)29(34-37)30(40)36-12-8-22(9-13-36)33-21(4)38/h5-7,20,22-23,27H,8-17H2,1-4H3,(H,33,38). The normalized spacial score (nSPS) is 25.4. The van der Waals surface area contributed by atoms with Gasteiger partial charge in [-0.15, -0.1) is 0 Å². The molecule has 0 radical (unpaired) electrons. The Morgan fingerprint density at radius 1 is 1.07 bits per heavy atom. The molecule has 0 bridgehead atoms. The van der Waals surface area contributed by atoms with Crippen LogP contribution in [0.15, 0.2) is 18.2 Å². The van der Waals surface area contributed by atoms with Gasteiger partial charge in [0.1, 0.15) is 12.2 Å². The number of nitrogens with zero attached hydrogens (tertiary/aromatic N) is 4. The van der Waals surface area contributed by atoms with Crippen LogP contribution in [0.5, 0.6) is 0 Å². The van der Waals surface area contributed by atoms with Crippen molar-refractivity contribution in [3.63, 3.8) is 0 Å². The van der Waals surface area contributed by atoms with Gasteiger partial charge >= 0.3 is 0 Å². The number of nitrogens with one attached hydrogen (secondary N) is 1. The van der Waals surface area contributed by atoms with E-state index in [1.165, 1.54) is 6.92 Å². The number of aryl methyl sites for hydroxylation is 1. The fourth-order valence-corrected chi connectivity index (χ4v) is 7.43. The number of piperidine rings is 2. The maximum Gasteiger partial charge on any atom is 0.274 e. The Bertz CT molecular complexity index is 1350. The molecule has 6 rings (SSSR count). The summed E-state index contributed by atoms with van der Waals surface area (Å²) in [6.45, 7) is 9.67. The number of hydrogen-bond donors (Lipinski definition) is 1. The second-order valence-electron chi connectivity index (χ2n) is 12.5. The summed E-state index contributed by atoms with van der Waals surface area (Å²) >= 11 is 0. The van der Waals surface area contributed by atoms with Gasteiger partial charge in [-0.3, -0.25) is 19.1 Å². The van der Waals surface area contributed by atoms with Crippen molar-refractivity contribution in [2.75, 3.05) is 26.2 Å². The van der Waals surface area contributed by atoms with Gasteiger partial charge in [0.15, 0.2) is 5.69 Å². The first-order chi connectivity index (χ1) is 19.1. The van der Waals surface area contributed by atoms with Gasteiger partial charge in [-0.25, -0.2) is 4.39 Å². The minimum absolute atomic E-state index is 0.0454. The van der Waals surface area contributed by atoms with E-state index in [-0.39, 0.29) is 43.1 Å².